The minimum absolute atomic E-state index is 0.101. The van der Waals surface area contributed by atoms with Crippen molar-refractivity contribution in [2.75, 3.05) is 18.4 Å². The third-order valence-corrected chi connectivity index (χ3v) is 6.29. The van der Waals surface area contributed by atoms with Crippen molar-refractivity contribution in [3.63, 3.8) is 0 Å². The van der Waals surface area contributed by atoms with Crippen LogP contribution in [0.4, 0.5) is 11.5 Å². The van der Waals surface area contributed by atoms with Crippen molar-refractivity contribution in [3.8, 4) is 0 Å². The molecule has 2 heterocycles. The standard InChI is InChI=1S/C26H30N4O3/c1-20(21-8-4-2-5-9-21)16-24(31)29-14-12-26(33,13-15-29)18-30-19-27-23(17-25(30)32)28-22-10-6-3-7-11-22/h2-11,17,19-20,28,33H,12-16,18H2,1H3. The number of anilines is 2. The lowest BCUT2D eigenvalue weighted by Gasteiger charge is -2.38. The summed E-state index contributed by atoms with van der Waals surface area (Å²) in [4.78, 5) is 31.5. The highest BCUT2D eigenvalue weighted by atomic mass is 16.3. The lowest BCUT2D eigenvalue weighted by molar-refractivity contribution is -0.136. The molecule has 1 aromatic heterocycles. The highest BCUT2D eigenvalue weighted by Gasteiger charge is 2.34. The van der Waals surface area contributed by atoms with Gasteiger partial charge in [-0.25, -0.2) is 4.98 Å². The second-order valence-electron chi connectivity index (χ2n) is 8.85. The molecular formula is C26H30N4O3. The van der Waals surface area contributed by atoms with Crippen molar-refractivity contribution in [1.82, 2.24) is 14.5 Å². The second kappa shape index (κ2) is 10.0. The summed E-state index contributed by atoms with van der Waals surface area (Å²) >= 11 is 0. The van der Waals surface area contributed by atoms with Crippen LogP contribution in [-0.2, 0) is 11.3 Å². The predicted octanol–water partition coefficient (Wildman–Crippen LogP) is 3.53. The van der Waals surface area contributed by atoms with Gasteiger partial charge in [-0.15, -0.1) is 0 Å². The molecule has 1 aliphatic heterocycles. The lowest BCUT2D eigenvalue weighted by atomic mass is 9.90. The summed E-state index contributed by atoms with van der Waals surface area (Å²) < 4.78 is 1.44. The van der Waals surface area contributed by atoms with Gasteiger partial charge < -0.3 is 15.3 Å². The molecule has 172 valence electrons. The first-order chi connectivity index (χ1) is 15.9. The van der Waals surface area contributed by atoms with Crippen molar-refractivity contribution in [2.45, 2.75) is 44.2 Å². The van der Waals surface area contributed by atoms with E-state index in [9.17, 15) is 14.7 Å². The van der Waals surface area contributed by atoms with Gasteiger partial charge >= 0.3 is 0 Å². The number of benzene rings is 2. The van der Waals surface area contributed by atoms with Crippen LogP contribution in [0, 0.1) is 0 Å². The number of piperidine rings is 1. The van der Waals surface area contributed by atoms with E-state index in [1.165, 1.54) is 17.0 Å². The number of nitrogens with zero attached hydrogens (tertiary/aromatic N) is 3. The second-order valence-corrected chi connectivity index (χ2v) is 8.85. The molecule has 1 unspecified atom stereocenters. The molecule has 33 heavy (non-hydrogen) atoms. The molecule has 0 spiro atoms. The first-order valence-electron chi connectivity index (χ1n) is 11.4. The van der Waals surface area contributed by atoms with Crippen LogP contribution in [0.1, 0.15) is 37.7 Å². The van der Waals surface area contributed by atoms with Crippen LogP contribution < -0.4 is 10.9 Å². The van der Waals surface area contributed by atoms with Gasteiger partial charge in [0.05, 0.1) is 18.5 Å². The van der Waals surface area contributed by atoms with Crippen molar-refractivity contribution in [3.05, 3.63) is 89.0 Å². The van der Waals surface area contributed by atoms with Crippen molar-refractivity contribution in [1.29, 1.82) is 0 Å². The third kappa shape index (κ3) is 5.87. The Hall–Kier alpha value is -3.45. The highest BCUT2D eigenvalue weighted by Crippen LogP contribution is 2.26. The maximum absolute atomic E-state index is 12.8. The van der Waals surface area contributed by atoms with Gasteiger partial charge in [-0.05, 0) is 36.5 Å². The fourth-order valence-electron chi connectivity index (χ4n) is 4.22. The van der Waals surface area contributed by atoms with E-state index < -0.39 is 5.60 Å². The molecule has 1 aliphatic rings. The molecule has 1 atom stereocenters. The molecule has 7 heteroatoms. The van der Waals surface area contributed by atoms with Gasteiger partial charge in [0.25, 0.3) is 5.56 Å². The van der Waals surface area contributed by atoms with Crippen LogP contribution in [0.5, 0.6) is 0 Å². The summed E-state index contributed by atoms with van der Waals surface area (Å²) in [5, 5.41) is 14.2. The summed E-state index contributed by atoms with van der Waals surface area (Å²) in [5.74, 6) is 0.707. The molecule has 3 aromatic rings. The molecule has 0 bridgehead atoms. The third-order valence-electron chi connectivity index (χ3n) is 6.29. The summed E-state index contributed by atoms with van der Waals surface area (Å²) in [6.07, 6.45) is 2.76. The number of rotatable bonds is 7. The maximum atomic E-state index is 12.8. The van der Waals surface area contributed by atoms with Crippen molar-refractivity contribution < 1.29 is 9.90 Å². The van der Waals surface area contributed by atoms with Gasteiger partial charge in [-0.3, -0.25) is 14.2 Å². The minimum Gasteiger partial charge on any atom is -0.388 e. The summed E-state index contributed by atoms with van der Waals surface area (Å²) in [6, 6.07) is 21.0. The highest BCUT2D eigenvalue weighted by molar-refractivity contribution is 5.77. The number of nitrogens with one attached hydrogen (secondary N) is 1. The summed E-state index contributed by atoms with van der Waals surface area (Å²) in [5.41, 5.74) is 0.727. The maximum Gasteiger partial charge on any atom is 0.255 e. The van der Waals surface area contributed by atoms with E-state index in [0.29, 0.717) is 38.2 Å². The van der Waals surface area contributed by atoms with Crippen LogP contribution in [0.3, 0.4) is 0 Å². The Balaban J connectivity index is 1.32. The quantitative estimate of drug-likeness (QED) is 0.580. The monoisotopic (exact) mass is 446 g/mol. The summed E-state index contributed by atoms with van der Waals surface area (Å²) in [6.45, 7) is 3.18. The molecule has 0 aliphatic carbocycles. The van der Waals surface area contributed by atoms with E-state index in [2.05, 4.69) is 17.2 Å². The zero-order chi connectivity index (χ0) is 23.3. The number of hydrogen-bond donors (Lipinski definition) is 2. The number of para-hydroxylation sites is 1. The van der Waals surface area contributed by atoms with E-state index in [1.54, 1.807) is 0 Å². The van der Waals surface area contributed by atoms with E-state index in [4.69, 9.17) is 0 Å². The normalized spacial score (nSPS) is 16.2. The fourth-order valence-corrected chi connectivity index (χ4v) is 4.22. The number of amides is 1. The topological polar surface area (TPSA) is 87.5 Å². The molecule has 7 nitrogen and oxygen atoms in total. The molecule has 1 fully saturated rings. The number of likely N-dealkylation sites (tertiary alicyclic amines) is 1. The van der Waals surface area contributed by atoms with Gasteiger partial charge in [-0.1, -0.05) is 55.5 Å². The Morgan fingerprint density at radius 2 is 1.73 bits per heavy atom. The first-order valence-corrected chi connectivity index (χ1v) is 11.4. The van der Waals surface area contributed by atoms with Gasteiger partial charge in [0.1, 0.15) is 5.82 Å². The largest absolute Gasteiger partial charge is 0.388 e. The van der Waals surface area contributed by atoms with Crippen molar-refractivity contribution in [2.24, 2.45) is 0 Å². The SMILES string of the molecule is CC(CC(=O)N1CCC(O)(Cn2cnc(Nc3ccccc3)cc2=O)CC1)c1ccccc1. The Bertz CT molecular complexity index is 1120. The molecule has 2 aromatic carbocycles. The van der Waals surface area contributed by atoms with Crippen molar-refractivity contribution >= 4 is 17.4 Å². The zero-order valence-electron chi connectivity index (χ0n) is 18.9. The smallest absolute Gasteiger partial charge is 0.255 e. The number of carbonyl (C=O) groups is 1. The molecule has 2 N–H and O–H groups in total. The Labute approximate surface area is 193 Å². The molecule has 4 rings (SSSR count). The molecular weight excluding hydrogens is 416 g/mol. The zero-order valence-corrected chi connectivity index (χ0v) is 18.9. The van der Waals surface area contributed by atoms with Gasteiger partial charge in [0.2, 0.25) is 5.91 Å². The molecule has 1 amide bonds. The molecule has 1 saturated heterocycles. The van der Waals surface area contributed by atoms with Crippen LogP contribution in [0.25, 0.3) is 0 Å². The number of aliphatic hydroxyl groups is 1. The van der Waals surface area contributed by atoms with Crippen LogP contribution in [0.15, 0.2) is 77.9 Å². The Kier molecular flexibility index (Phi) is 6.89. The van der Waals surface area contributed by atoms with E-state index in [0.717, 1.165) is 11.3 Å². The fraction of sp³-hybridized carbons (Fsp3) is 0.346. The van der Waals surface area contributed by atoms with Gasteiger partial charge in [-0.2, -0.15) is 0 Å². The Morgan fingerprint density at radius 1 is 1.09 bits per heavy atom. The average Bonchev–Trinajstić information content (AvgIpc) is 2.82. The minimum atomic E-state index is -1.04. The first kappa shape index (κ1) is 22.7. The number of aromatic nitrogens is 2. The number of carbonyl (C=O) groups excluding carboxylic acids is 1. The molecule has 0 radical (unpaired) electrons. The lowest BCUT2D eigenvalue weighted by Crippen LogP contribution is -2.49. The van der Waals surface area contributed by atoms with E-state index in [-0.39, 0.29) is 23.9 Å². The van der Waals surface area contributed by atoms with Gasteiger partial charge in [0, 0.05) is 31.3 Å². The Morgan fingerprint density at radius 3 is 2.36 bits per heavy atom. The van der Waals surface area contributed by atoms with E-state index >= 15 is 0 Å². The van der Waals surface area contributed by atoms with Crippen LogP contribution in [-0.4, -0.2) is 44.2 Å². The summed E-state index contributed by atoms with van der Waals surface area (Å²) in [7, 11) is 0. The van der Waals surface area contributed by atoms with E-state index in [1.807, 2.05) is 65.6 Å². The van der Waals surface area contributed by atoms with Gasteiger partial charge in [0.15, 0.2) is 0 Å². The van der Waals surface area contributed by atoms with Crippen LogP contribution >= 0.6 is 0 Å². The number of hydrogen-bond acceptors (Lipinski definition) is 5. The average molecular weight is 447 g/mol. The predicted molar refractivity (Wildman–Crippen MR) is 128 cm³/mol. The molecule has 0 saturated carbocycles. The van der Waals surface area contributed by atoms with Crippen LogP contribution in [0.2, 0.25) is 0 Å².